The summed E-state index contributed by atoms with van der Waals surface area (Å²) >= 11 is 5.73. The number of benzene rings is 1. The molecule has 0 aliphatic carbocycles. The summed E-state index contributed by atoms with van der Waals surface area (Å²) in [5.41, 5.74) is 1.80. The summed E-state index contributed by atoms with van der Waals surface area (Å²) in [6.07, 6.45) is -2.62. The van der Waals surface area contributed by atoms with Crippen LogP contribution in [0.5, 0.6) is 11.5 Å². The fraction of sp³-hybridized carbons (Fsp3) is 0.143. The lowest BCUT2D eigenvalue weighted by Crippen LogP contribution is -2.06. The summed E-state index contributed by atoms with van der Waals surface area (Å²) in [6.45, 7) is 0. The van der Waals surface area contributed by atoms with Crippen LogP contribution in [0, 0.1) is 0 Å². The Balaban J connectivity index is 2.15. The zero-order valence-corrected chi connectivity index (χ0v) is 12.5. The number of alkyl halides is 3. The molecule has 0 atom stereocenters. The molecule has 1 aromatic carbocycles. The number of nitrogens with zero attached hydrogens (tertiary/aromatic N) is 2. The van der Waals surface area contributed by atoms with Crippen LogP contribution in [0.15, 0.2) is 35.6 Å². The summed E-state index contributed by atoms with van der Waals surface area (Å²) in [5.74, 6) is 0.102. The Labute approximate surface area is 134 Å². The quantitative estimate of drug-likeness (QED) is 0.651. The molecule has 2 rings (SSSR count). The predicted octanol–water partition coefficient (Wildman–Crippen LogP) is 3.91. The van der Waals surface area contributed by atoms with Crippen LogP contribution in [0.2, 0.25) is 5.02 Å². The van der Waals surface area contributed by atoms with E-state index >= 15 is 0 Å². The number of pyridine rings is 1. The van der Waals surface area contributed by atoms with Gasteiger partial charge in [0, 0.05) is 11.8 Å². The highest BCUT2D eigenvalue weighted by molar-refractivity contribution is 6.32. The number of ether oxygens (including phenoxy) is 1. The highest BCUT2D eigenvalue weighted by atomic mass is 35.5. The second-order valence-electron chi connectivity index (χ2n) is 4.32. The van der Waals surface area contributed by atoms with E-state index in [-0.39, 0.29) is 22.3 Å². The number of aromatic hydroxyl groups is 1. The average molecular weight is 346 g/mol. The lowest BCUT2D eigenvalue weighted by Gasteiger charge is -2.08. The van der Waals surface area contributed by atoms with E-state index in [1.807, 2.05) is 0 Å². The summed E-state index contributed by atoms with van der Waals surface area (Å²) in [6, 6.07) is 5.53. The topological polar surface area (TPSA) is 66.7 Å². The second kappa shape index (κ2) is 6.74. The molecule has 2 N–H and O–H groups in total. The number of methoxy groups -OCH3 is 1. The number of anilines is 1. The van der Waals surface area contributed by atoms with Crippen molar-refractivity contribution < 1.29 is 23.0 Å². The first-order valence-corrected chi connectivity index (χ1v) is 6.58. The van der Waals surface area contributed by atoms with Gasteiger partial charge < -0.3 is 9.84 Å². The molecule has 1 heterocycles. The molecule has 5 nitrogen and oxygen atoms in total. The summed E-state index contributed by atoms with van der Waals surface area (Å²) in [7, 11) is 1.40. The summed E-state index contributed by atoms with van der Waals surface area (Å²) in [5, 5.41) is 13.4. The van der Waals surface area contributed by atoms with E-state index < -0.39 is 11.7 Å². The van der Waals surface area contributed by atoms with Crippen molar-refractivity contribution in [1.29, 1.82) is 0 Å². The van der Waals surface area contributed by atoms with Gasteiger partial charge in [0.15, 0.2) is 17.3 Å². The van der Waals surface area contributed by atoms with Gasteiger partial charge >= 0.3 is 6.18 Å². The molecule has 0 aliphatic heterocycles. The minimum atomic E-state index is -4.52. The molecular formula is C14H11ClF3N3O2. The lowest BCUT2D eigenvalue weighted by molar-refractivity contribution is -0.137. The van der Waals surface area contributed by atoms with Crippen molar-refractivity contribution in [3.63, 3.8) is 0 Å². The fourth-order valence-electron chi connectivity index (χ4n) is 1.65. The number of rotatable bonds is 4. The van der Waals surface area contributed by atoms with Crippen molar-refractivity contribution in [1.82, 2.24) is 4.98 Å². The van der Waals surface area contributed by atoms with Crippen LogP contribution < -0.4 is 10.2 Å². The van der Waals surface area contributed by atoms with Gasteiger partial charge in [-0.3, -0.25) is 5.43 Å². The Morgan fingerprint density at radius 2 is 2.13 bits per heavy atom. The maximum Gasteiger partial charge on any atom is 0.417 e. The van der Waals surface area contributed by atoms with E-state index in [1.54, 1.807) is 18.2 Å². The van der Waals surface area contributed by atoms with Gasteiger partial charge in [0.25, 0.3) is 0 Å². The number of aromatic nitrogens is 1. The highest BCUT2D eigenvalue weighted by Crippen LogP contribution is 2.32. The maximum atomic E-state index is 12.5. The van der Waals surface area contributed by atoms with Crippen molar-refractivity contribution >= 4 is 23.6 Å². The second-order valence-corrected chi connectivity index (χ2v) is 4.73. The van der Waals surface area contributed by atoms with E-state index in [0.29, 0.717) is 11.8 Å². The van der Waals surface area contributed by atoms with Gasteiger partial charge in [-0.2, -0.15) is 18.3 Å². The fourth-order valence-corrected chi connectivity index (χ4v) is 1.85. The van der Waals surface area contributed by atoms with Crippen molar-refractivity contribution in [2.24, 2.45) is 5.10 Å². The number of nitrogens with one attached hydrogen (secondary N) is 1. The van der Waals surface area contributed by atoms with Crippen LogP contribution in [-0.4, -0.2) is 23.4 Å². The third-order valence-electron chi connectivity index (χ3n) is 2.79. The molecule has 0 unspecified atom stereocenters. The lowest BCUT2D eigenvalue weighted by atomic mass is 10.2. The third kappa shape index (κ3) is 4.04. The van der Waals surface area contributed by atoms with Crippen molar-refractivity contribution in [3.05, 3.63) is 46.6 Å². The van der Waals surface area contributed by atoms with E-state index in [2.05, 4.69) is 15.5 Å². The SMILES string of the molecule is COc1cccc(/C=N\Nc2ncc(C(F)(F)F)cc2Cl)c1O. The van der Waals surface area contributed by atoms with E-state index in [4.69, 9.17) is 16.3 Å². The minimum absolute atomic E-state index is 0.0432. The van der Waals surface area contributed by atoms with Gasteiger partial charge in [-0.25, -0.2) is 4.98 Å². The Morgan fingerprint density at radius 1 is 1.39 bits per heavy atom. The Morgan fingerprint density at radius 3 is 2.74 bits per heavy atom. The molecule has 2 aromatic rings. The first-order valence-electron chi connectivity index (χ1n) is 6.20. The van der Waals surface area contributed by atoms with Gasteiger partial charge in [-0.15, -0.1) is 0 Å². The van der Waals surface area contributed by atoms with Crippen LogP contribution in [0.25, 0.3) is 0 Å². The molecule has 1 aromatic heterocycles. The number of halogens is 4. The molecule has 23 heavy (non-hydrogen) atoms. The zero-order valence-electron chi connectivity index (χ0n) is 11.7. The highest BCUT2D eigenvalue weighted by Gasteiger charge is 2.31. The van der Waals surface area contributed by atoms with Crippen molar-refractivity contribution in [2.75, 3.05) is 12.5 Å². The molecule has 0 bridgehead atoms. The van der Waals surface area contributed by atoms with E-state index in [1.165, 1.54) is 13.3 Å². The number of hydrazone groups is 1. The van der Waals surface area contributed by atoms with E-state index in [9.17, 15) is 18.3 Å². The normalized spacial score (nSPS) is 11.7. The average Bonchev–Trinajstić information content (AvgIpc) is 2.49. The molecule has 0 radical (unpaired) electrons. The number of hydrogen-bond donors (Lipinski definition) is 2. The first kappa shape index (κ1) is 16.9. The van der Waals surface area contributed by atoms with Gasteiger partial charge in [-0.1, -0.05) is 17.7 Å². The third-order valence-corrected chi connectivity index (χ3v) is 3.08. The van der Waals surface area contributed by atoms with Gasteiger partial charge in [0.05, 0.1) is 23.9 Å². The van der Waals surface area contributed by atoms with Crippen LogP contribution in [0.4, 0.5) is 19.0 Å². The molecular weight excluding hydrogens is 335 g/mol. The summed E-state index contributed by atoms with van der Waals surface area (Å²) < 4.78 is 42.4. The van der Waals surface area contributed by atoms with Gasteiger partial charge in [-0.05, 0) is 18.2 Å². The van der Waals surface area contributed by atoms with Crippen LogP contribution in [0.3, 0.4) is 0 Å². The smallest absolute Gasteiger partial charge is 0.417 e. The number of hydrogen-bond acceptors (Lipinski definition) is 5. The Kier molecular flexibility index (Phi) is 4.95. The van der Waals surface area contributed by atoms with Gasteiger partial charge in [0.2, 0.25) is 0 Å². The molecule has 0 saturated heterocycles. The van der Waals surface area contributed by atoms with E-state index in [0.717, 1.165) is 6.07 Å². The zero-order chi connectivity index (χ0) is 17.0. The van der Waals surface area contributed by atoms with Crippen LogP contribution in [-0.2, 0) is 6.18 Å². The molecule has 0 amide bonds. The van der Waals surface area contributed by atoms with Crippen LogP contribution >= 0.6 is 11.6 Å². The van der Waals surface area contributed by atoms with Crippen molar-refractivity contribution in [3.8, 4) is 11.5 Å². The molecule has 0 saturated carbocycles. The Hall–Kier alpha value is -2.48. The predicted molar refractivity (Wildman–Crippen MR) is 80.1 cm³/mol. The monoisotopic (exact) mass is 345 g/mol. The number of phenols is 1. The molecule has 9 heteroatoms. The largest absolute Gasteiger partial charge is 0.504 e. The standard InChI is InChI=1S/C14H11ClF3N3O2/c1-23-11-4-2-3-8(12(11)22)6-20-21-13-10(15)5-9(7-19-13)14(16,17)18/h2-7,22H,1H3,(H,19,21)/b20-6-. The summed E-state index contributed by atoms with van der Waals surface area (Å²) in [4.78, 5) is 3.57. The van der Waals surface area contributed by atoms with Crippen molar-refractivity contribution in [2.45, 2.75) is 6.18 Å². The minimum Gasteiger partial charge on any atom is -0.504 e. The molecule has 0 spiro atoms. The maximum absolute atomic E-state index is 12.5. The molecule has 0 fully saturated rings. The molecule has 122 valence electrons. The Bertz CT molecular complexity index is 736. The number of para-hydroxylation sites is 1. The van der Waals surface area contributed by atoms with Gasteiger partial charge in [0.1, 0.15) is 0 Å². The number of phenolic OH excluding ortho intramolecular Hbond substituents is 1. The molecule has 0 aliphatic rings. The first-order chi connectivity index (χ1) is 10.8. The van der Waals surface area contributed by atoms with Crippen LogP contribution in [0.1, 0.15) is 11.1 Å².